The van der Waals surface area contributed by atoms with Crippen LogP contribution in [0.3, 0.4) is 0 Å². The van der Waals surface area contributed by atoms with E-state index in [1.165, 1.54) is 6.33 Å². The predicted molar refractivity (Wildman–Crippen MR) is 44.4 cm³/mol. The summed E-state index contributed by atoms with van der Waals surface area (Å²) >= 11 is 0. The smallest absolute Gasteiger partial charge is 0.232 e. The van der Waals surface area contributed by atoms with E-state index in [9.17, 15) is 8.78 Å². The first-order valence-corrected chi connectivity index (χ1v) is 3.93. The van der Waals surface area contributed by atoms with Gasteiger partial charge in [-0.3, -0.25) is 0 Å². The van der Waals surface area contributed by atoms with Gasteiger partial charge in [0.15, 0.2) is 11.0 Å². The van der Waals surface area contributed by atoms with Crippen molar-refractivity contribution in [3.05, 3.63) is 30.6 Å². The molecule has 0 radical (unpaired) electrons. The molecular formula is C9H9F2N2+. The van der Waals surface area contributed by atoms with Gasteiger partial charge in [-0.2, -0.15) is 13.3 Å². The zero-order valence-corrected chi connectivity index (χ0v) is 7.11. The third-order valence-corrected chi connectivity index (χ3v) is 2.05. The maximum Gasteiger partial charge on any atom is 0.387 e. The fourth-order valence-corrected chi connectivity index (χ4v) is 1.45. The number of aromatic nitrogens is 2. The van der Waals surface area contributed by atoms with Crippen molar-refractivity contribution in [1.82, 2.24) is 4.57 Å². The summed E-state index contributed by atoms with van der Waals surface area (Å²) in [5.41, 5.74) is 1.36. The van der Waals surface area contributed by atoms with Crippen molar-refractivity contribution >= 4 is 11.0 Å². The molecule has 0 fully saturated rings. The highest BCUT2D eigenvalue weighted by Gasteiger charge is 2.19. The van der Waals surface area contributed by atoms with Crippen LogP contribution in [0, 0.1) is 0 Å². The molecule has 2 rings (SSSR count). The zero-order valence-electron chi connectivity index (χ0n) is 7.11. The molecular weight excluding hydrogens is 174 g/mol. The number of fused-ring (bicyclic) bond motifs is 1. The van der Waals surface area contributed by atoms with Gasteiger partial charge in [0, 0.05) is 0 Å². The summed E-state index contributed by atoms with van der Waals surface area (Å²) < 4.78 is 27.6. The van der Waals surface area contributed by atoms with Gasteiger partial charge in [0.05, 0.1) is 7.05 Å². The highest BCUT2D eigenvalue weighted by Crippen LogP contribution is 2.17. The Morgan fingerprint density at radius 3 is 2.69 bits per heavy atom. The molecule has 13 heavy (non-hydrogen) atoms. The Balaban J connectivity index is 2.78. The molecule has 0 N–H and O–H groups in total. The van der Waals surface area contributed by atoms with Crippen LogP contribution < -0.4 is 4.57 Å². The van der Waals surface area contributed by atoms with Gasteiger partial charge in [-0.1, -0.05) is 12.1 Å². The number of imidazole rings is 1. The molecule has 0 saturated heterocycles. The molecule has 4 heteroatoms. The van der Waals surface area contributed by atoms with Crippen molar-refractivity contribution in [1.29, 1.82) is 0 Å². The fraction of sp³-hybridized carbons (Fsp3) is 0.222. The van der Waals surface area contributed by atoms with Crippen molar-refractivity contribution in [2.75, 3.05) is 0 Å². The molecule has 1 heterocycles. The molecule has 0 aliphatic heterocycles. The summed E-state index contributed by atoms with van der Waals surface area (Å²) in [6, 6.07) is 7.08. The number of alkyl halides is 2. The predicted octanol–water partition coefficient (Wildman–Crippen LogP) is 1.86. The minimum atomic E-state index is -2.48. The standard InChI is InChI=1S/C9H9F2N2/c1-12-6-13(9(10)11)8-5-3-2-4-7(8)12/h2-6,9H,1H3/q+1. The summed E-state index contributed by atoms with van der Waals surface area (Å²) in [4.78, 5) is 0. The number of aryl methyl sites for hydroxylation is 1. The first-order valence-electron chi connectivity index (χ1n) is 3.93. The highest BCUT2D eigenvalue weighted by molar-refractivity contribution is 5.71. The van der Waals surface area contributed by atoms with E-state index < -0.39 is 6.55 Å². The number of hydrogen-bond acceptors (Lipinski definition) is 0. The van der Waals surface area contributed by atoms with Crippen molar-refractivity contribution in [2.24, 2.45) is 7.05 Å². The zero-order chi connectivity index (χ0) is 9.42. The number of halogens is 2. The van der Waals surface area contributed by atoms with Gasteiger partial charge in [-0.15, -0.1) is 0 Å². The Hall–Kier alpha value is -1.45. The molecule has 1 aromatic carbocycles. The lowest BCUT2D eigenvalue weighted by Crippen LogP contribution is -2.25. The van der Waals surface area contributed by atoms with Crippen LogP contribution in [-0.2, 0) is 7.05 Å². The molecule has 0 unspecified atom stereocenters. The summed E-state index contributed by atoms with van der Waals surface area (Å²) in [6.07, 6.45) is 1.40. The number of rotatable bonds is 1. The minimum absolute atomic E-state index is 0.556. The lowest BCUT2D eigenvalue weighted by molar-refractivity contribution is -0.646. The summed E-state index contributed by atoms with van der Waals surface area (Å²) in [5.74, 6) is 0. The van der Waals surface area contributed by atoms with E-state index in [2.05, 4.69) is 0 Å². The monoisotopic (exact) mass is 183 g/mol. The molecule has 0 aliphatic rings. The molecule has 68 valence electrons. The van der Waals surface area contributed by atoms with Crippen molar-refractivity contribution in [3.8, 4) is 0 Å². The van der Waals surface area contributed by atoms with Crippen molar-refractivity contribution in [3.63, 3.8) is 0 Å². The SMILES string of the molecule is C[n+]1cn(C(F)F)c2ccccc21. The lowest BCUT2D eigenvalue weighted by Gasteiger charge is -1.91. The van der Waals surface area contributed by atoms with Crippen LogP contribution in [0.1, 0.15) is 6.55 Å². The molecule has 0 saturated carbocycles. The van der Waals surface area contributed by atoms with E-state index in [0.29, 0.717) is 5.52 Å². The van der Waals surface area contributed by atoms with Crippen LogP contribution in [-0.4, -0.2) is 4.57 Å². The molecule has 2 aromatic rings. The van der Waals surface area contributed by atoms with Crippen molar-refractivity contribution in [2.45, 2.75) is 6.55 Å². The van der Waals surface area contributed by atoms with Gasteiger partial charge in [0.1, 0.15) is 0 Å². The van der Waals surface area contributed by atoms with E-state index in [4.69, 9.17) is 0 Å². The van der Waals surface area contributed by atoms with E-state index in [-0.39, 0.29) is 0 Å². The third kappa shape index (κ3) is 1.18. The van der Waals surface area contributed by atoms with Gasteiger partial charge in [-0.05, 0) is 12.1 Å². The van der Waals surface area contributed by atoms with Gasteiger partial charge >= 0.3 is 6.55 Å². The second-order valence-corrected chi connectivity index (χ2v) is 2.90. The number of para-hydroxylation sites is 2. The lowest BCUT2D eigenvalue weighted by atomic mass is 10.3. The second-order valence-electron chi connectivity index (χ2n) is 2.90. The maximum atomic E-state index is 12.5. The molecule has 0 bridgehead atoms. The van der Waals surface area contributed by atoms with Gasteiger partial charge in [0.2, 0.25) is 6.33 Å². The topological polar surface area (TPSA) is 8.81 Å². The summed E-state index contributed by atoms with van der Waals surface area (Å²) in [6.45, 7) is -2.48. The van der Waals surface area contributed by atoms with E-state index in [1.807, 2.05) is 12.1 Å². The molecule has 0 spiro atoms. The number of benzene rings is 1. The van der Waals surface area contributed by atoms with E-state index in [1.54, 1.807) is 23.7 Å². The molecule has 0 amide bonds. The Labute approximate surface area is 74.0 Å². The molecule has 0 aliphatic carbocycles. The Kier molecular flexibility index (Phi) is 1.76. The van der Waals surface area contributed by atoms with E-state index >= 15 is 0 Å². The average molecular weight is 183 g/mol. The van der Waals surface area contributed by atoms with Crippen molar-refractivity contribution < 1.29 is 13.3 Å². The quantitative estimate of drug-likeness (QED) is 0.597. The number of hydrogen-bond donors (Lipinski definition) is 0. The third-order valence-electron chi connectivity index (χ3n) is 2.05. The number of nitrogens with zero attached hydrogens (tertiary/aromatic N) is 2. The second kappa shape index (κ2) is 2.80. The largest absolute Gasteiger partial charge is 0.387 e. The molecule has 1 aromatic heterocycles. The normalized spacial score (nSPS) is 11.4. The van der Waals surface area contributed by atoms with Crippen LogP contribution in [0.4, 0.5) is 8.78 Å². The Bertz CT molecular complexity index is 434. The first-order chi connectivity index (χ1) is 6.20. The van der Waals surface area contributed by atoms with Gasteiger partial charge < -0.3 is 0 Å². The van der Waals surface area contributed by atoms with Gasteiger partial charge in [0.25, 0.3) is 0 Å². The van der Waals surface area contributed by atoms with Crippen LogP contribution in [0.25, 0.3) is 11.0 Å². The molecule has 0 atom stereocenters. The first kappa shape index (κ1) is 8.16. The fourth-order valence-electron chi connectivity index (χ4n) is 1.45. The van der Waals surface area contributed by atoms with Crippen LogP contribution >= 0.6 is 0 Å². The summed E-state index contributed by atoms with van der Waals surface area (Å²) in [7, 11) is 1.75. The molecule has 2 nitrogen and oxygen atoms in total. The average Bonchev–Trinajstić information content (AvgIpc) is 2.45. The Morgan fingerprint density at radius 2 is 2.00 bits per heavy atom. The minimum Gasteiger partial charge on any atom is -0.232 e. The Morgan fingerprint density at radius 1 is 1.31 bits per heavy atom. The highest BCUT2D eigenvalue weighted by atomic mass is 19.3. The van der Waals surface area contributed by atoms with Crippen LogP contribution in [0.15, 0.2) is 30.6 Å². The van der Waals surface area contributed by atoms with Gasteiger partial charge in [-0.25, -0.2) is 4.57 Å². The maximum absolute atomic E-state index is 12.5. The van der Waals surface area contributed by atoms with E-state index in [0.717, 1.165) is 10.1 Å². The van der Waals surface area contributed by atoms with Crippen LogP contribution in [0.5, 0.6) is 0 Å². The van der Waals surface area contributed by atoms with Crippen LogP contribution in [0.2, 0.25) is 0 Å². The summed E-state index contributed by atoms with van der Waals surface area (Å²) in [5, 5.41) is 0.